The van der Waals surface area contributed by atoms with Gasteiger partial charge in [-0.3, -0.25) is 4.79 Å². The fourth-order valence-electron chi connectivity index (χ4n) is 2.68. The van der Waals surface area contributed by atoms with Crippen LogP contribution in [0.1, 0.15) is 12.8 Å². The van der Waals surface area contributed by atoms with Crippen molar-refractivity contribution in [3.63, 3.8) is 0 Å². The number of nitrogens with one attached hydrogen (secondary N) is 1. The van der Waals surface area contributed by atoms with Crippen LogP contribution < -0.4 is 10.4 Å². The summed E-state index contributed by atoms with van der Waals surface area (Å²) in [5.41, 5.74) is 1.43. The molecule has 1 aromatic heterocycles. The van der Waals surface area contributed by atoms with E-state index in [1.54, 1.807) is 29.7 Å². The highest BCUT2D eigenvalue weighted by molar-refractivity contribution is 7.14. The molecule has 0 spiro atoms. The molecule has 1 amide bonds. The van der Waals surface area contributed by atoms with Crippen LogP contribution >= 0.6 is 34.5 Å². The molecule has 3 rings (SSSR count). The first-order chi connectivity index (χ1) is 12.0. The van der Waals surface area contributed by atoms with Crippen LogP contribution in [-0.2, 0) is 9.59 Å². The van der Waals surface area contributed by atoms with Crippen LogP contribution in [-0.4, -0.2) is 16.9 Å². The van der Waals surface area contributed by atoms with Crippen molar-refractivity contribution >= 4 is 51.5 Å². The number of hydrogen-bond donors (Lipinski definition) is 1. The number of aliphatic carboxylic acids is 1. The molecule has 1 aliphatic carbocycles. The van der Waals surface area contributed by atoms with Gasteiger partial charge in [0.1, 0.15) is 0 Å². The number of aromatic nitrogens is 1. The molecule has 0 fully saturated rings. The van der Waals surface area contributed by atoms with E-state index in [0.29, 0.717) is 33.7 Å². The Bertz CT molecular complexity index is 850. The second-order valence-corrected chi connectivity index (χ2v) is 7.30. The Morgan fingerprint density at radius 1 is 1.16 bits per heavy atom. The molecule has 5 nitrogen and oxygen atoms in total. The summed E-state index contributed by atoms with van der Waals surface area (Å²) in [6, 6.07) is 5.16. The molecule has 1 N–H and O–H groups in total. The summed E-state index contributed by atoms with van der Waals surface area (Å²) in [5.74, 6) is -3.06. The number of carboxylic acid groups (broad SMARTS) is 1. The fourth-order valence-corrected chi connectivity index (χ4v) is 3.70. The zero-order chi connectivity index (χ0) is 18.0. The number of thiazole rings is 1. The Morgan fingerprint density at radius 3 is 2.56 bits per heavy atom. The largest absolute Gasteiger partial charge is 0.550 e. The van der Waals surface area contributed by atoms with Gasteiger partial charge >= 0.3 is 0 Å². The standard InChI is InChI=1S/C17H14Cl2N2O3S/c18-12-6-5-9(7-13(12)19)14-8-25-17(20-14)21-15(22)10-3-1-2-4-11(10)16(23)24/h1-2,5-8,10-11H,3-4H2,(H,23,24)(H,20,21,22)/p-1/t10-,11+/m1/s1. The zero-order valence-corrected chi connectivity index (χ0v) is 15.2. The monoisotopic (exact) mass is 395 g/mol. The smallest absolute Gasteiger partial charge is 0.230 e. The number of amides is 1. The van der Waals surface area contributed by atoms with Gasteiger partial charge in [-0.05, 0) is 25.0 Å². The molecule has 0 unspecified atom stereocenters. The van der Waals surface area contributed by atoms with Crippen molar-refractivity contribution in [2.45, 2.75) is 12.8 Å². The average Bonchev–Trinajstić information content (AvgIpc) is 3.05. The molecule has 0 bridgehead atoms. The van der Waals surface area contributed by atoms with Crippen LogP contribution in [0.2, 0.25) is 10.0 Å². The zero-order valence-electron chi connectivity index (χ0n) is 12.9. The van der Waals surface area contributed by atoms with Crippen LogP contribution in [0.25, 0.3) is 11.3 Å². The number of benzene rings is 1. The van der Waals surface area contributed by atoms with Gasteiger partial charge in [-0.1, -0.05) is 41.4 Å². The van der Waals surface area contributed by atoms with Gasteiger partial charge in [-0.15, -0.1) is 11.3 Å². The van der Waals surface area contributed by atoms with E-state index in [1.807, 2.05) is 6.08 Å². The second kappa shape index (κ2) is 7.56. The molecule has 0 radical (unpaired) electrons. The number of halogens is 2. The molecule has 0 aliphatic heterocycles. The van der Waals surface area contributed by atoms with Gasteiger partial charge in [0, 0.05) is 22.8 Å². The van der Waals surface area contributed by atoms with E-state index in [0.717, 1.165) is 5.56 Å². The Kier molecular flexibility index (Phi) is 5.42. The lowest BCUT2D eigenvalue weighted by Crippen LogP contribution is -2.41. The maximum atomic E-state index is 12.4. The number of carboxylic acids is 1. The molecule has 2 atom stereocenters. The second-order valence-electron chi connectivity index (χ2n) is 5.63. The maximum Gasteiger partial charge on any atom is 0.230 e. The molecule has 25 heavy (non-hydrogen) atoms. The summed E-state index contributed by atoms with van der Waals surface area (Å²) in [6.45, 7) is 0. The first-order valence-corrected chi connectivity index (χ1v) is 9.17. The Hall–Kier alpha value is -1.89. The van der Waals surface area contributed by atoms with Crippen molar-refractivity contribution in [1.29, 1.82) is 0 Å². The van der Waals surface area contributed by atoms with Gasteiger partial charge < -0.3 is 15.2 Å². The van der Waals surface area contributed by atoms with E-state index in [4.69, 9.17) is 23.2 Å². The Morgan fingerprint density at radius 2 is 1.88 bits per heavy atom. The van der Waals surface area contributed by atoms with E-state index in [2.05, 4.69) is 10.3 Å². The normalized spacial score (nSPS) is 19.6. The number of rotatable bonds is 4. The van der Waals surface area contributed by atoms with E-state index in [1.165, 1.54) is 11.3 Å². The van der Waals surface area contributed by atoms with Gasteiger partial charge in [-0.25, -0.2) is 4.98 Å². The van der Waals surface area contributed by atoms with Crippen molar-refractivity contribution in [2.75, 3.05) is 5.32 Å². The Balaban J connectivity index is 1.74. The van der Waals surface area contributed by atoms with Crippen LogP contribution in [0.15, 0.2) is 35.7 Å². The van der Waals surface area contributed by atoms with E-state index >= 15 is 0 Å². The van der Waals surface area contributed by atoms with Crippen molar-refractivity contribution in [1.82, 2.24) is 4.98 Å². The van der Waals surface area contributed by atoms with Crippen LogP contribution in [0.4, 0.5) is 5.13 Å². The van der Waals surface area contributed by atoms with E-state index < -0.39 is 17.8 Å². The average molecular weight is 396 g/mol. The minimum Gasteiger partial charge on any atom is -0.550 e. The SMILES string of the molecule is O=C([O-])[C@H]1CC=CC[C@H]1C(=O)Nc1nc(-c2ccc(Cl)c(Cl)c2)cs1. The lowest BCUT2D eigenvalue weighted by Gasteiger charge is -2.27. The van der Waals surface area contributed by atoms with E-state index in [-0.39, 0.29) is 5.91 Å². The highest BCUT2D eigenvalue weighted by atomic mass is 35.5. The van der Waals surface area contributed by atoms with Gasteiger partial charge in [0.05, 0.1) is 21.7 Å². The lowest BCUT2D eigenvalue weighted by molar-refractivity contribution is -0.313. The maximum absolute atomic E-state index is 12.4. The summed E-state index contributed by atoms with van der Waals surface area (Å²) in [6.07, 6.45) is 4.24. The number of carbonyl (C=O) groups is 2. The van der Waals surface area contributed by atoms with E-state index in [9.17, 15) is 14.7 Å². The Labute approximate surface area is 158 Å². The molecule has 0 saturated heterocycles. The highest BCUT2D eigenvalue weighted by Gasteiger charge is 2.30. The van der Waals surface area contributed by atoms with Crippen molar-refractivity contribution in [2.24, 2.45) is 11.8 Å². The van der Waals surface area contributed by atoms with Crippen molar-refractivity contribution < 1.29 is 14.7 Å². The van der Waals surface area contributed by atoms with Gasteiger partial charge in [-0.2, -0.15) is 0 Å². The van der Waals surface area contributed by atoms with Crippen LogP contribution in [0.3, 0.4) is 0 Å². The van der Waals surface area contributed by atoms with Gasteiger partial charge in [0.2, 0.25) is 5.91 Å². The summed E-state index contributed by atoms with van der Waals surface area (Å²) in [5, 5.41) is 17.0. The summed E-state index contributed by atoms with van der Waals surface area (Å²) < 4.78 is 0. The third-order valence-electron chi connectivity index (χ3n) is 4.02. The topological polar surface area (TPSA) is 82.1 Å². The molecular weight excluding hydrogens is 383 g/mol. The molecule has 1 aliphatic rings. The number of nitrogens with zero attached hydrogens (tertiary/aromatic N) is 1. The first kappa shape index (κ1) is 17.9. The highest BCUT2D eigenvalue weighted by Crippen LogP contribution is 2.31. The van der Waals surface area contributed by atoms with Crippen LogP contribution in [0.5, 0.6) is 0 Å². The quantitative estimate of drug-likeness (QED) is 0.804. The summed E-state index contributed by atoms with van der Waals surface area (Å²) in [4.78, 5) is 28.0. The van der Waals surface area contributed by atoms with Crippen molar-refractivity contribution in [3.8, 4) is 11.3 Å². The fraction of sp³-hybridized carbons (Fsp3) is 0.235. The number of allylic oxidation sites excluding steroid dienone is 2. The number of anilines is 1. The predicted molar refractivity (Wildman–Crippen MR) is 96.6 cm³/mol. The molecule has 2 aromatic rings. The molecule has 8 heteroatoms. The van der Waals surface area contributed by atoms with Gasteiger partial charge in [0.25, 0.3) is 0 Å². The molecule has 1 heterocycles. The molecule has 0 saturated carbocycles. The summed E-state index contributed by atoms with van der Waals surface area (Å²) >= 11 is 13.2. The third-order valence-corrected chi connectivity index (χ3v) is 5.52. The lowest BCUT2D eigenvalue weighted by atomic mass is 9.82. The van der Waals surface area contributed by atoms with Crippen molar-refractivity contribution in [3.05, 3.63) is 45.8 Å². The third kappa shape index (κ3) is 4.03. The molecule has 130 valence electrons. The first-order valence-electron chi connectivity index (χ1n) is 7.53. The molecular formula is C17H13Cl2N2O3S-. The number of carbonyl (C=O) groups excluding carboxylic acids is 2. The summed E-state index contributed by atoms with van der Waals surface area (Å²) in [7, 11) is 0. The number of hydrogen-bond acceptors (Lipinski definition) is 5. The van der Waals surface area contributed by atoms with Crippen LogP contribution in [0, 0.1) is 11.8 Å². The minimum absolute atomic E-state index is 0.298. The predicted octanol–water partition coefficient (Wildman–Crippen LogP) is 3.39. The van der Waals surface area contributed by atoms with Gasteiger partial charge in [0.15, 0.2) is 5.13 Å². The molecule has 1 aromatic carbocycles. The minimum atomic E-state index is -1.21.